The highest BCUT2D eigenvalue weighted by Gasteiger charge is 2.01. The van der Waals surface area contributed by atoms with Crippen molar-refractivity contribution >= 4 is 17.3 Å². The van der Waals surface area contributed by atoms with Crippen LogP contribution in [0.25, 0.3) is 0 Å². The number of guanidine groups is 1. The van der Waals surface area contributed by atoms with E-state index in [1.165, 1.54) is 21.7 Å². The van der Waals surface area contributed by atoms with E-state index in [4.69, 9.17) is 0 Å². The highest BCUT2D eigenvalue weighted by atomic mass is 32.1. The number of aliphatic imine (C=N–C) groups is 1. The fourth-order valence-corrected chi connectivity index (χ4v) is 3.54. The maximum atomic E-state index is 4.49. The number of aromatic nitrogens is 1. The molecule has 0 unspecified atom stereocenters. The lowest BCUT2D eigenvalue weighted by atomic mass is 10.1. The van der Waals surface area contributed by atoms with Crippen LogP contribution in [0.5, 0.6) is 0 Å². The molecule has 2 rings (SSSR count). The topological polar surface area (TPSA) is 49.3 Å². The molecule has 0 aliphatic carbocycles. The molecule has 0 saturated carbocycles. The van der Waals surface area contributed by atoms with Gasteiger partial charge in [0.25, 0.3) is 0 Å². The Kier molecular flexibility index (Phi) is 7.25. The van der Waals surface area contributed by atoms with Gasteiger partial charge < -0.3 is 10.6 Å². The molecule has 24 heavy (non-hydrogen) atoms. The molecule has 0 aliphatic heterocycles. The van der Waals surface area contributed by atoms with Gasteiger partial charge >= 0.3 is 0 Å². The summed E-state index contributed by atoms with van der Waals surface area (Å²) in [4.78, 5) is 8.77. The number of hydrogen-bond acceptors (Lipinski definition) is 3. The predicted octanol–water partition coefficient (Wildman–Crippen LogP) is 3.41. The van der Waals surface area contributed by atoms with E-state index in [0.29, 0.717) is 0 Å². The minimum atomic E-state index is 0.870. The smallest absolute Gasteiger partial charge is 0.190 e. The third-order valence-electron chi connectivity index (χ3n) is 3.74. The van der Waals surface area contributed by atoms with Gasteiger partial charge in [-0.2, -0.15) is 0 Å². The largest absolute Gasteiger partial charge is 0.356 e. The number of aryl methyl sites for hydroxylation is 4. The van der Waals surface area contributed by atoms with Crippen LogP contribution in [0.1, 0.15) is 33.8 Å². The van der Waals surface area contributed by atoms with Gasteiger partial charge in [0.05, 0.1) is 5.01 Å². The molecule has 4 nitrogen and oxygen atoms in total. The van der Waals surface area contributed by atoms with Crippen molar-refractivity contribution in [2.45, 2.75) is 40.0 Å². The molecule has 0 saturated heterocycles. The monoisotopic (exact) mass is 344 g/mol. The van der Waals surface area contributed by atoms with Crippen LogP contribution in [-0.4, -0.2) is 31.1 Å². The molecule has 0 amide bonds. The summed E-state index contributed by atoms with van der Waals surface area (Å²) in [7, 11) is 1.82. The number of benzene rings is 1. The maximum absolute atomic E-state index is 4.49. The van der Waals surface area contributed by atoms with E-state index in [-0.39, 0.29) is 0 Å². The van der Waals surface area contributed by atoms with Gasteiger partial charge in [-0.15, -0.1) is 11.3 Å². The van der Waals surface area contributed by atoms with Crippen LogP contribution in [0, 0.1) is 20.8 Å². The summed E-state index contributed by atoms with van der Waals surface area (Å²) in [5.41, 5.74) is 5.14. The average Bonchev–Trinajstić information content (AvgIpc) is 2.94. The van der Waals surface area contributed by atoms with Crippen molar-refractivity contribution in [3.8, 4) is 0 Å². The zero-order chi connectivity index (χ0) is 17.4. The van der Waals surface area contributed by atoms with Gasteiger partial charge in [0.15, 0.2) is 5.96 Å². The molecule has 1 aromatic carbocycles. The first-order valence-corrected chi connectivity index (χ1v) is 9.37. The minimum Gasteiger partial charge on any atom is -0.356 e. The Hall–Kier alpha value is -1.88. The van der Waals surface area contributed by atoms with Crippen LogP contribution in [0.15, 0.2) is 28.6 Å². The average molecular weight is 345 g/mol. The third kappa shape index (κ3) is 6.32. The summed E-state index contributed by atoms with van der Waals surface area (Å²) in [6, 6.07) is 6.71. The van der Waals surface area contributed by atoms with E-state index >= 15 is 0 Å². The summed E-state index contributed by atoms with van der Waals surface area (Å²) >= 11 is 1.74. The van der Waals surface area contributed by atoms with E-state index in [9.17, 15) is 0 Å². The zero-order valence-corrected chi connectivity index (χ0v) is 16.0. The Labute approximate surface area is 149 Å². The SMILES string of the molecule is CN=C(NCCCc1nc(C)cs1)NCCc1cc(C)cc(C)c1. The van der Waals surface area contributed by atoms with Crippen molar-refractivity contribution in [3.63, 3.8) is 0 Å². The summed E-state index contributed by atoms with van der Waals surface area (Å²) in [6.07, 6.45) is 3.08. The molecule has 2 aromatic rings. The number of rotatable bonds is 7. The Morgan fingerprint density at radius 2 is 1.75 bits per heavy atom. The van der Waals surface area contributed by atoms with Gasteiger partial charge in [0, 0.05) is 37.6 Å². The van der Waals surface area contributed by atoms with Crippen molar-refractivity contribution in [3.05, 3.63) is 51.0 Å². The second-order valence-corrected chi connectivity index (χ2v) is 7.10. The quantitative estimate of drug-likeness (QED) is 0.460. The number of hydrogen-bond donors (Lipinski definition) is 2. The van der Waals surface area contributed by atoms with Gasteiger partial charge in [-0.25, -0.2) is 4.98 Å². The minimum absolute atomic E-state index is 0.870. The van der Waals surface area contributed by atoms with Gasteiger partial charge in [-0.05, 0) is 39.2 Å². The second kappa shape index (κ2) is 9.42. The Morgan fingerprint density at radius 1 is 1.04 bits per heavy atom. The van der Waals surface area contributed by atoms with Crippen molar-refractivity contribution in [1.29, 1.82) is 0 Å². The molecule has 0 atom stereocenters. The maximum Gasteiger partial charge on any atom is 0.190 e. The molecule has 2 N–H and O–H groups in total. The van der Waals surface area contributed by atoms with Gasteiger partial charge in [0.1, 0.15) is 0 Å². The van der Waals surface area contributed by atoms with E-state index in [0.717, 1.165) is 44.0 Å². The van der Waals surface area contributed by atoms with Crippen LogP contribution in [-0.2, 0) is 12.8 Å². The van der Waals surface area contributed by atoms with Gasteiger partial charge in [0.2, 0.25) is 0 Å². The summed E-state index contributed by atoms with van der Waals surface area (Å²) in [5, 5.41) is 10.1. The third-order valence-corrected chi connectivity index (χ3v) is 4.76. The molecule has 0 bridgehead atoms. The fraction of sp³-hybridized carbons (Fsp3) is 0.474. The summed E-state index contributed by atoms with van der Waals surface area (Å²) in [5.74, 6) is 0.870. The van der Waals surface area contributed by atoms with E-state index in [2.05, 4.69) is 58.0 Å². The fourth-order valence-electron chi connectivity index (χ4n) is 2.72. The molecular weight excluding hydrogens is 316 g/mol. The molecular formula is C19H28N4S. The Bertz CT molecular complexity index is 656. The summed E-state index contributed by atoms with van der Waals surface area (Å²) < 4.78 is 0. The molecule has 1 aromatic heterocycles. The highest BCUT2D eigenvalue weighted by Crippen LogP contribution is 2.10. The first-order valence-electron chi connectivity index (χ1n) is 8.49. The van der Waals surface area contributed by atoms with Crippen LogP contribution in [0.3, 0.4) is 0 Å². The first-order chi connectivity index (χ1) is 11.6. The number of nitrogens with one attached hydrogen (secondary N) is 2. The van der Waals surface area contributed by atoms with Crippen LogP contribution in [0.4, 0.5) is 0 Å². The Morgan fingerprint density at radius 3 is 2.38 bits per heavy atom. The van der Waals surface area contributed by atoms with Crippen LogP contribution < -0.4 is 10.6 Å². The number of thiazole rings is 1. The summed E-state index contributed by atoms with van der Waals surface area (Å²) in [6.45, 7) is 8.12. The first kappa shape index (κ1) is 18.5. The number of nitrogens with zero attached hydrogens (tertiary/aromatic N) is 2. The van der Waals surface area contributed by atoms with E-state index in [1.807, 2.05) is 14.0 Å². The molecule has 0 fully saturated rings. The van der Waals surface area contributed by atoms with E-state index < -0.39 is 0 Å². The lowest BCUT2D eigenvalue weighted by Gasteiger charge is -2.12. The molecule has 5 heteroatoms. The van der Waals surface area contributed by atoms with Crippen molar-refractivity contribution in [1.82, 2.24) is 15.6 Å². The van der Waals surface area contributed by atoms with Crippen molar-refractivity contribution in [2.75, 3.05) is 20.1 Å². The van der Waals surface area contributed by atoms with Crippen LogP contribution in [0.2, 0.25) is 0 Å². The normalized spacial score (nSPS) is 11.6. The molecule has 1 heterocycles. The molecule has 0 radical (unpaired) electrons. The standard InChI is InChI=1S/C19H28N4S/c1-14-10-15(2)12-17(11-14)7-9-22-19(20-4)21-8-5-6-18-23-16(3)13-24-18/h10-13H,5-9H2,1-4H3,(H2,20,21,22). The molecule has 130 valence electrons. The molecule has 0 spiro atoms. The van der Waals surface area contributed by atoms with Gasteiger partial charge in [-0.1, -0.05) is 29.3 Å². The predicted molar refractivity (Wildman–Crippen MR) is 104 cm³/mol. The lowest BCUT2D eigenvalue weighted by Crippen LogP contribution is -2.38. The van der Waals surface area contributed by atoms with Gasteiger partial charge in [-0.3, -0.25) is 4.99 Å². The zero-order valence-electron chi connectivity index (χ0n) is 15.1. The lowest BCUT2D eigenvalue weighted by molar-refractivity contribution is 0.736. The van der Waals surface area contributed by atoms with Crippen LogP contribution >= 0.6 is 11.3 Å². The highest BCUT2D eigenvalue weighted by molar-refractivity contribution is 7.09. The van der Waals surface area contributed by atoms with Crippen molar-refractivity contribution < 1.29 is 0 Å². The second-order valence-electron chi connectivity index (χ2n) is 6.16. The molecule has 0 aliphatic rings. The van der Waals surface area contributed by atoms with E-state index in [1.54, 1.807) is 11.3 Å². The Balaban J connectivity index is 1.66. The van der Waals surface area contributed by atoms with Crippen molar-refractivity contribution in [2.24, 2.45) is 4.99 Å².